The van der Waals surface area contributed by atoms with Crippen molar-refractivity contribution in [1.29, 1.82) is 0 Å². The van der Waals surface area contributed by atoms with E-state index >= 15 is 0 Å². The summed E-state index contributed by atoms with van der Waals surface area (Å²) in [6, 6.07) is 17.0. The van der Waals surface area contributed by atoms with E-state index in [-0.39, 0.29) is 16.8 Å². The lowest BCUT2D eigenvalue weighted by Crippen LogP contribution is -2.41. The van der Waals surface area contributed by atoms with E-state index in [1.165, 1.54) is 0 Å². The number of carbonyl (C=O) groups is 1. The minimum Gasteiger partial charge on any atom is -0.350 e. The minimum absolute atomic E-state index is 0.000470. The van der Waals surface area contributed by atoms with Gasteiger partial charge in [0.1, 0.15) is 0 Å². The number of likely N-dealkylation sites (N-methyl/N-ethyl adjacent to an activating group) is 1. The molecule has 10 heteroatoms. The fourth-order valence-electron chi connectivity index (χ4n) is 3.85. The average molecular weight is 545 g/mol. The van der Waals surface area contributed by atoms with Gasteiger partial charge in [0.2, 0.25) is 0 Å². The van der Waals surface area contributed by atoms with Crippen molar-refractivity contribution in [2.45, 2.75) is 24.3 Å². The highest BCUT2D eigenvalue weighted by atomic mass is 35.5. The van der Waals surface area contributed by atoms with Gasteiger partial charge in [-0.15, -0.1) is 0 Å². The van der Waals surface area contributed by atoms with Crippen molar-refractivity contribution in [2.75, 3.05) is 20.6 Å². The van der Waals surface area contributed by atoms with Crippen LogP contribution in [0.25, 0.3) is 10.9 Å². The molecule has 0 bridgehead atoms. The average Bonchev–Trinajstić information content (AvgIpc) is 3.27. The first-order valence-corrected chi connectivity index (χ1v) is 13.4. The van der Waals surface area contributed by atoms with Gasteiger partial charge >= 0.3 is 0 Å². The minimum atomic E-state index is -3.81. The second-order valence-corrected chi connectivity index (χ2v) is 11.4. The first-order valence-electron chi connectivity index (χ1n) is 11.2. The molecule has 7 nitrogen and oxygen atoms in total. The van der Waals surface area contributed by atoms with Crippen LogP contribution in [-0.2, 0) is 16.4 Å². The Morgan fingerprint density at radius 1 is 1.03 bits per heavy atom. The summed E-state index contributed by atoms with van der Waals surface area (Å²) in [4.78, 5) is 14.8. The van der Waals surface area contributed by atoms with Crippen molar-refractivity contribution in [2.24, 2.45) is 0 Å². The third kappa shape index (κ3) is 5.57. The summed E-state index contributed by atoms with van der Waals surface area (Å²) in [5, 5.41) is 8.56. The van der Waals surface area contributed by atoms with Crippen LogP contribution < -0.4 is 5.32 Å². The molecule has 0 aliphatic heterocycles. The molecule has 0 unspecified atom stereocenters. The maximum Gasteiger partial charge on any atom is 0.283 e. The fraction of sp³-hybridized carbons (Fsp3) is 0.231. The Labute approximate surface area is 220 Å². The second-order valence-electron chi connectivity index (χ2n) is 8.86. The van der Waals surface area contributed by atoms with Gasteiger partial charge in [0.15, 0.2) is 0 Å². The van der Waals surface area contributed by atoms with Crippen molar-refractivity contribution < 1.29 is 13.2 Å². The van der Waals surface area contributed by atoms with Gasteiger partial charge in [-0.25, -0.2) is 0 Å². The van der Waals surface area contributed by atoms with Crippen LogP contribution in [0.1, 0.15) is 21.5 Å². The standard InChI is InChI=1S/C26H26Cl2N4O3S/c1-17-4-8-22(9-5-17)36(34,35)32-25-11-6-18(12-20(25)15-30-32)13-21(31(2)3)16-29-26(33)19-7-10-23(27)24(28)14-19/h4-12,14-15,21H,13,16H2,1-3H3,(H,29,33)/t21-/m0/s1. The molecule has 1 amide bonds. The fourth-order valence-corrected chi connectivity index (χ4v) is 5.42. The first kappa shape index (κ1) is 26.2. The molecule has 1 N–H and O–H groups in total. The van der Waals surface area contributed by atoms with Gasteiger partial charge in [-0.2, -0.15) is 17.6 Å². The summed E-state index contributed by atoms with van der Waals surface area (Å²) in [6.07, 6.45) is 2.20. The molecule has 3 aromatic carbocycles. The van der Waals surface area contributed by atoms with Crippen LogP contribution in [0.4, 0.5) is 0 Å². The number of nitrogens with zero attached hydrogens (tertiary/aromatic N) is 3. The Balaban J connectivity index is 1.50. The van der Waals surface area contributed by atoms with Crippen molar-refractivity contribution in [3.8, 4) is 0 Å². The second kappa shape index (κ2) is 10.6. The Morgan fingerprint density at radius 2 is 1.75 bits per heavy atom. The number of fused-ring (bicyclic) bond motifs is 1. The first-order chi connectivity index (χ1) is 17.1. The van der Waals surface area contributed by atoms with E-state index in [4.69, 9.17) is 23.2 Å². The lowest BCUT2D eigenvalue weighted by atomic mass is 10.0. The molecular formula is C26H26Cl2N4O3S. The summed E-state index contributed by atoms with van der Waals surface area (Å²) in [6.45, 7) is 2.31. The molecule has 0 saturated carbocycles. The van der Waals surface area contributed by atoms with E-state index in [1.54, 1.807) is 54.7 Å². The molecule has 0 saturated heterocycles. The zero-order chi connectivity index (χ0) is 26.0. The van der Waals surface area contributed by atoms with E-state index < -0.39 is 10.0 Å². The van der Waals surface area contributed by atoms with E-state index in [1.807, 2.05) is 38.1 Å². The van der Waals surface area contributed by atoms with Gasteiger partial charge in [0.25, 0.3) is 15.9 Å². The third-order valence-electron chi connectivity index (χ3n) is 6.03. The zero-order valence-electron chi connectivity index (χ0n) is 20.1. The number of aryl methyl sites for hydroxylation is 1. The summed E-state index contributed by atoms with van der Waals surface area (Å²) in [7, 11) is 0.0837. The highest BCUT2D eigenvalue weighted by Gasteiger charge is 2.21. The van der Waals surface area contributed by atoms with Crippen molar-refractivity contribution >= 4 is 50.0 Å². The van der Waals surface area contributed by atoms with Crippen LogP contribution in [-0.4, -0.2) is 55.1 Å². The Morgan fingerprint density at radius 3 is 2.42 bits per heavy atom. The van der Waals surface area contributed by atoms with Crippen LogP contribution >= 0.6 is 23.2 Å². The molecule has 0 fully saturated rings. The number of hydrogen-bond acceptors (Lipinski definition) is 5. The lowest BCUT2D eigenvalue weighted by molar-refractivity contribution is 0.0941. The van der Waals surface area contributed by atoms with Crippen LogP contribution in [0.2, 0.25) is 10.0 Å². The molecule has 1 aromatic heterocycles. The van der Waals surface area contributed by atoms with Crippen LogP contribution in [0, 0.1) is 6.92 Å². The van der Waals surface area contributed by atoms with Gasteiger partial charge in [0.05, 0.1) is 26.7 Å². The molecule has 4 rings (SSSR count). The van der Waals surface area contributed by atoms with Gasteiger partial charge in [0, 0.05) is 23.5 Å². The highest BCUT2D eigenvalue weighted by Crippen LogP contribution is 2.24. The summed E-state index contributed by atoms with van der Waals surface area (Å²) < 4.78 is 27.3. The molecule has 0 aliphatic carbocycles. The number of hydrogen-bond donors (Lipinski definition) is 1. The van der Waals surface area contributed by atoms with Crippen LogP contribution in [0.5, 0.6) is 0 Å². The van der Waals surface area contributed by atoms with Crippen molar-refractivity contribution in [3.05, 3.63) is 93.6 Å². The normalized spacial score (nSPS) is 12.7. The van der Waals surface area contributed by atoms with E-state index in [0.717, 1.165) is 20.6 Å². The van der Waals surface area contributed by atoms with E-state index in [0.29, 0.717) is 34.1 Å². The number of aromatic nitrogens is 2. The molecular weight excluding hydrogens is 519 g/mol. The molecule has 188 valence electrons. The number of amides is 1. The molecule has 0 spiro atoms. The van der Waals surface area contributed by atoms with E-state index in [2.05, 4.69) is 10.4 Å². The molecule has 0 aliphatic rings. The van der Waals surface area contributed by atoms with Crippen molar-refractivity contribution in [3.63, 3.8) is 0 Å². The molecule has 1 heterocycles. The Kier molecular flexibility index (Phi) is 7.70. The smallest absolute Gasteiger partial charge is 0.283 e. The topological polar surface area (TPSA) is 84.3 Å². The van der Waals surface area contributed by atoms with Crippen LogP contribution in [0.3, 0.4) is 0 Å². The number of nitrogens with one attached hydrogen (secondary N) is 1. The monoisotopic (exact) mass is 544 g/mol. The Hall–Kier alpha value is -2.91. The van der Waals surface area contributed by atoms with Crippen molar-refractivity contribution in [1.82, 2.24) is 19.4 Å². The largest absolute Gasteiger partial charge is 0.350 e. The summed E-state index contributed by atoms with van der Waals surface area (Å²) >= 11 is 12.0. The molecule has 4 aromatic rings. The van der Waals surface area contributed by atoms with Gasteiger partial charge in [-0.1, -0.05) is 47.0 Å². The summed E-state index contributed by atoms with van der Waals surface area (Å²) in [5.41, 5.74) is 2.92. The van der Waals surface area contributed by atoms with Gasteiger partial charge in [-0.3, -0.25) is 4.79 Å². The lowest BCUT2D eigenvalue weighted by Gasteiger charge is -2.25. The number of carbonyl (C=O) groups excluding carboxylic acids is 1. The van der Waals surface area contributed by atoms with E-state index in [9.17, 15) is 13.2 Å². The predicted octanol–water partition coefficient (Wildman–Crippen LogP) is 4.79. The molecule has 36 heavy (non-hydrogen) atoms. The maximum atomic E-state index is 13.1. The number of rotatable bonds is 8. The maximum absolute atomic E-state index is 13.1. The summed E-state index contributed by atoms with van der Waals surface area (Å²) in [5.74, 6) is -0.238. The number of halogens is 2. The van der Waals surface area contributed by atoms with Crippen LogP contribution in [0.15, 0.2) is 71.8 Å². The van der Waals surface area contributed by atoms with Gasteiger partial charge in [-0.05, 0) is 75.5 Å². The quantitative estimate of drug-likeness (QED) is 0.344. The predicted molar refractivity (Wildman–Crippen MR) is 143 cm³/mol. The third-order valence-corrected chi connectivity index (χ3v) is 8.38. The number of benzene rings is 3. The Bertz CT molecular complexity index is 1520. The zero-order valence-corrected chi connectivity index (χ0v) is 22.4. The highest BCUT2D eigenvalue weighted by molar-refractivity contribution is 7.90. The molecule has 0 radical (unpaired) electrons. The molecule has 1 atom stereocenters. The van der Waals surface area contributed by atoms with Gasteiger partial charge < -0.3 is 10.2 Å². The SMILES string of the molecule is Cc1ccc(S(=O)(=O)n2ncc3cc(C[C@@H](CNC(=O)c4ccc(Cl)c(Cl)c4)N(C)C)ccc32)cc1.